The number of rotatable bonds is 2. The molecule has 0 radical (unpaired) electrons. The molecule has 2 aliphatic carbocycles. The van der Waals surface area contributed by atoms with Crippen molar-refractivity contribution >= 4 is 11.9 Å². The number of aryl methyl sites for hydroxylation is 1. The van der Waals surface area contributed by atoms with Crippen LogP contribution in [0, 0.1) is 23.7 Å². The number of allylic oxidation sites excluding steroid dienone is 1. The number of fused-ring (bicyclic) bond motifs is 2. The number of hydrogen-bond acceptors (Lipinski definition) is 1. The van der Waals surface area contributed by atoms with E-state index in [0.717, 1.165) is 18.4 Å². The minimum absolute atomic E-state index is 0.104. The molecule has 2 aliphatic rings. The monoisotopic (exact) mass is 268 g/mol. The van der Waals surface area contributed by atoms with Gasteiger partial charge >= 0.3 is 0 Å². The molecule has 2 fully saturated rings. The molecule has 0 heterocycles. The molecular weight excluding hydrogens is 244 g/mol. The van der Waals surface area contributed by atoms with Crippen molar-refractivity contribution in [3.05, 3.63) is 41.0 Å². The molecule has 2 bridgehead atoms. The van der Waals surface area contributed by atoms with Crippen molar-refractivity contribution in [2.24, 2.45) is 16.7 Å². The zero-order valence-corrected chi connectivity index (χ0v) is 13.0. The van der Waals surface area contributed by atoms with E-state index in [1.807, 2.05) is 0 Å². The number of benzene rings is 1. The predicted octanol–water partition coefficient (Wildman–Crippen LogP) is 4.79. The summed E-state index contributed by atoms with van der Waals surface area (Å²) in [6, 6.07) is 8.44. The maximum atomic E-state index is 13.0. The molecule has 0 aromatic heterocycles. The zero-order valence-electron chi connectivity index (χ0n) is 13.0. The van der Waals surface area contributed by atoms with Crippen molar-refractivity contribution in [1.82, 2.24) is 0 Å². The number of carbonyl (C=O) groups is 1. The van der Waals surface area contributed by atoms with Gasteiger partial charge in [0.15, 0.2) is 5.78 Å². The van der Waals surface area contributed by atoms with Crippen LogP contribution in [-0.2, 0) is 4.79 Å². The second-order valence-electron chi connectivity index (χ2n) is 7.09. The highest BCUT2D eigenvalue weighted by molar-refractivity contribution is 6.08. The van der Waals surface area contributed by atoms with Crippen LogP contribution in [0.15, 0.2) is 29.8 Å². The van der Waals surface area contributed by atoms with Crippen molar-refractivity contribution in [2.45, 2.75) is 47.0 Å². The lowest BCUT2D eigenvalue weighted by Crippen LogP contribution is -2.35. The Morgan fingerprint density at radius 1 is 1.35 bits per heavy atom. The van der Waals surface area contributed by atoms with Gasteiger partial charge in [0, 0.05) is 5.41 Å². The van der Waals surface area contributed by atoms with Gasteiger partial charge in [-0.05, 0) is 54.7 Å². The first-order chi connectivity index (χ1) is 9.42. The van der Waals surface area contributed by atoms with Gasteiger partial charge in [0.25, 0.3) is 0 Å². The van der Waals surface area contributed by atoms with Crippen molar-refractivity contribution < 1.29 is 4.79 Å². The molecular formula is C19H24O. The summed E-state index contributed by atoms with van der Waals surface area (Å²) in [6.45, 7) is 8.87. The third-order valence-electron chi connectivity index (χ3n) is 6.00. The Labute approximate surface area is 122 Å². The molecule has 2 saturated carbocycles. The Morgan fingerprint density at radius 2 is 2.10 bits per heavy atom. The maximum Gasteiger partial charge on any atom is 0.165 e. The Kier molecular flexibility index (Phi) is 2.93. The van der Waals surface area contributed by atoms with Crippen LogP contribution >= 0.6 is 0 Å². The van der Waals surface area contributed by atoms with E-state index in [0.29, 0.717) is 11.7 Å². The Bertz CT molecular complexity index is 594. The predicted molar refractivity (Wildman–Crippen MR) is 83.4 cm³/mol. The number of hydrogen-bond donors (Lipinski definition) is 0. The number of carbonyl (C=O) groups excluding carboxylic acids is 1. The van der Waals surface area contributed by atoms with Crippen molar-refractivity contribution in [3.63, 3.8) is 0 Å². The Hall–Kier alpha value is -1.37. The van der Waals surface area contributed by atoms with Crippen LogP contribution in [-0.4, -0.2) is 5.78 Å². The quantitative estimate of drug-likeness (QED) is 0.704. The maximum absolute atomic E-state index is 13.0. The topological polar surface area (TPSA) is 17.1 Å². The molecule has 3 rings (SSSR count). The summed E-state index contributed by atoms with van der Waals surface area (Å²) in [5.74, 6) is 0.859. The first-order valence-corrected chi connectivity index (χ1v) is 7.75. The standard InChI is InChI=1S/C19H24O/c1-5-19-10-9-16(18(19,3)4)15(17(19)20)12-14-8-6-7-13(2)11-14/h6-8,11-12,16H,5,9-10H2,1-4H3/b15-12+. The minimum Gasteiger partial charge on any atom is -0.294 e. The molecule has 20 heavy (non-hydrogen) atoms. The molecule has 1 aromatic carbocycles. The van der Waals surface area contributed by atoms with Crippen molar-refractivity contribution in [2.75, 3.05) is 0 Å². The average Bonchev–Trinajstić information content (AvgIpc) is 2.74. The second kappa shape index (κ2) is 4.31. The number of ketones is 1. The van der Waals surface area contributed by atoms with Gasteiger partial charge in [-0.3, -0.25) is 4.79 Å². The largest absolute Gasteiger partial charge is 0.294 e. The van der Waals surface area contributed by atoms with Gasteiger partial charge in [0.2, 0.25) is 0 Å². The lowest BCUT2D eigenvalue weighted by Gasteiger charge is -2.34. The third kappa shape index (κ3) is 1.58. The summed E-state index contributed by atoms with van der Waals surface area (Å²) in [6.07, 6.45) is 5.37. The molecule has 2 atom stereocenters. The van der Waals surface area contributed by atoms with Gasteiger partial charge in [0.05, 0.1) is 0 Å². The summed E-state index contributed by atoms with van der Waals surface area (Å²) in [7, 11) is 0. The first kappa shape index (κ1) is 13.6. The second-order valence-corrected chi connectivity index (χ2v) is 7.09. The molecule has 2 unspecified atom stereocenters. The molecule has 1 aromatic rings. The van der Waals surface area contributed by atoms with Crippen LogP contribution < -0.4 is 0 Å². The third-order valence-corrected chi connectivity index (χ3v) is 6.00. The van der Waals surface area contributed by atoms with Crippen molar-refractivity contribution in [3.8, 4) is 0 Å². The van der Waals surface area contributed by atoms with Gasteiger partial charge in [-0.15, -0.1) is 0 Å². The van der Waals surface area contributed by atoms with Gasteiger partial charge < -0.3 is 0 Å². The molecule has 0 spiro atoms. The summed E-state index contributed by atoms with van der Waals surface area (Å²) < 4.78 is 0. The summed E-state index contributed by atoms with van der Waals surface area (Å²) >= 11 is 0. The Balaban J connectivity index is 2.07. The van der Waals surface area contributed by atoms with E-state index in [-0.39, 0.29) is 10.8 Å². The van der Waals surface area contributed by atoms with Crippen LogP contribution in [0.25, 0.3) is 6.08 Å². The van der Waals surface area contributed by atoms with E-state index in [2.05, 4.69) is 58.0 Å². The molecule has 1 heteroatoms. The fourth-order valence-corrected chi connectivity index (χ4v) is 4.69. The molecule has 1 nitrogen and oxygen atoms in total. The van der Waals surface area contributed by atoms with E-state index < -0.39 is 0 Å². The van der Waals surface area contributed by atoms with Crippen molar-refractivity contribution in [1.29, 1.82) is 0 Å². The highest BCUT2D eigenvalue weighted by Crippen LogP contribution is 2.67. The molecule has 0 amide bonds. The van der Waals surface area contributed by atoms with E-state index in [9.17, 15) is 4.79 Å². The highest BCUT2D eigenvalue weighted by Gasteiger charge is 2.65. The normalized spacial score (nSPS) is 33.1. The fourth-order valence-electron chi connectivity index (χ4n) is 4.69. The SMILES string of the molecule is CCC12CCC(/C(=C\c3cccc(C)c3)C1=O)C2(C)C. The van der Waals surface area contributed by atoms with E-state index in [1.165, 1.54) is 17.5 Å². The smallest absolute Gasteiger partial charge is 0.165 e. The number of Topliss-reactive ketones (excluding diaryl/α,β-unsaturated/α-hetero) is 1. The van der Waals surface area contributed by atoms with Crippen LogP contribution in [0.4, 0.5) is 0 Å². The van der Waals surface area contributed by atoms with Gasteiger partial charge in [-0.1, -0.05) is 50.6 Å². The summed E-state index contributed by atoms with van der Waals surface area (Å²) in [5, 5.41) is 0. The van der Waals surface area contributed by atoms with Gasteiger partial charge in [0.1, 0.15) is 0 Å². The van der Waals surface area contributed by atoms with Crippen LogP contribution in [0.5, 0.6) is 0 Å². The lowest BCUT2D eigenvalue weighted by atomic mass is 9.67. The summed E-state index contributed by atoms with van der Waals surface area (Å²) in [4.78, 5) is 13.0. The first-order valence-electron chi connectivity index (χ1n) is 7.75. The van der Waals surface area contributed by atoms with E-state index in [1.54, 1.807) is 0 Å². The average molecular weight is 268 g/mol. The van der Waals surface area contributed by atoms with Gasteiger partial charge in [-0.2, -0.15) is 0 Å². The molecule has 0 saturated heterocycles. The van der Waals surface area contributed by atoms with Crippen LogP contribution in [0.1, 0.15) is 51.2 Å². The fraction of sp³-hybridized carbons (Fsp3) is 0.526. The lowest BCUT2D eigenvalue weighted by molar-refractivity contribution is -0.126. The van der Waals surface area contributed by atoms with Crippen LogP contribution in [0.2, 0.25) is 0 Å². The molecule has 0 aliphatic heterocycles. The van der Waals surface area contributed by atoms with E-state index in [4.69, 9.17) is 0 Å². The van der Waals surface area contributed by atoms with Crippen LogP contribution in [0.3, 0.4) is 0 Å². The van der Waals surface area contributed by atoms with E-state index >= 15 is 0 Å². The van der Waals surface area contributed by atoms with Gasteiger partial charge in [-0.25, -0.2) is 0 Å². The summed E-state index contributed by atoms with van der Waals surface area (Å²) in [5.41, 5.74) is 3.51. The highest BCUT2D eigenvalue weighted by atomic mass is 16.1. The molecule has 0 N–H and O–H groups in total. The Morgan fingerprint density at radius 3 is 2.70 bits per heavy atom. The zero-order chi connectivity index (χ0) is 14.5. The molecule has 106 valence electrons. The minimum atomic E-state index is -0.104.